The Balaban J connectivity index is 1.55. The van der Waals surface area contributed by atoms with Crippen LogP contribution in [0.25, 0.3) is 0 Å². The first-order chi connectivity index (χ1) is 13.5. The molecule has 0 unspecified atom stereocenters. The van der Waals surface area contributed by atoms with E-state index in [0.29, 0.717) is 32.5 Å². The summed E-state index contributed by atoms with van der Waals surface area (Å²) in [6.45, 7) is 5.96. The number of para-hydroxylation sites is 1. The molecule has 0 bridgehead atoms. The number of nitrogens with zero attached hydrogens (tertiary/aromatic N) is 2. The van der Waals surface area contributed by atoms with Gasteiger partial charge in [0.2, 0.25) is 5.91 Å². The van der Waals surface area contributed by atoms with Gasteiger partial charge >= 0.3 is 6.03 Å². The lowest BCUT2D eigenvalue weighted by Gasteiger charge is -2.36. The Morgan fingerprint density at radius 2 is 1.57 bits per heavy atom. The number of likely N-dealkylation sites (tertiary alicyclic amines) is 1. The van der Waals surface area contributed by atoms with Crippen LogP contribution in [0.3, 0.4) is 0 Å². The number of urea groups is 1. The van der Waals surface area contributed by atoms with E-state index in [1.165, 1.54) is 0 Å². The van der Waals surface area contributed by atoms with Crippen molar-refractivity contribution in [2.24, 2.45) is 5.92 Å². The number of hydrogen-bond acceptors (Lipinski definition) is 2. The van der Waals surface area contributed by atoms with E-state index in [9.17, 15) is 9.59 Å². The molecular formula is C23H29N3O2. The Morgan fingerprint density at radius 1 is 1.00 bits per heavy atom. The zero-order valence-electron chi connectivity index (χ0n) is 16.7. The fourth-order valence-electron chi connectivity index (χ4n) is 3.58. The highest BCUT2D eigenvalue weighted by molar-refractivity contribution is 5.89. The molecule has 1 fully saturated rings. The minimum Gasteiger partial charge on any atom is -0.336 e. The Kier molecular flexibility index (Phi) is 6.69. The largest absolute Gasteiger partial charge is 0.336 e. The third-order valence-electron chi connectivity index (χ3n) is 5.26. The number of piperidine rings is 1. The Bertz CT molecular complexity index is 769. The van der Waals surface area contributed by atoms with E-state index in [2.05, 4.69) is 31.3 Å². The number of rotatable bonds is 5. The number of hydrogen-bond donors (Lipinski definition) is 1. The molecule has 1 aliphatic rings. The first-order valence-electron chi connectivity index (χ1n) is 10.00. The summed E-state index contributed by atoms with van der Waals surface area (Å²) in [5, 5.41) is 2.92. The maximum absolute atomic E-state index is 13.1. The SMILES string of the molecule is CC(C)N(Cc1ccccc1)C(=O)C1CCN(C(=O)Nc2ccccc2)CC1. The topological polar surface area (TPSA) is 52.7 Å². The zero-order chi connectivity index (χ0) is 19.9. The second kappa shape index (κ2) is 9.40. The van der Waals surface area contributed by atoms with Crippen LogP contribution in [0.1, 0.15) is 32.3 Å². The number of benzene rings is 2. The molecule has 1 N–H and O–H groups in total. The Morgan fingerprint density at radius 3 is 2.14 bits per heavy atom. The highest BCUT2D eigenvalue weighted by atomic mass is 16.2. The van der Waals surface area contributed by atoms with Crippen LogP contribution in [0.4, 0.5) is 10.5 Å². The monoisotopic (exact) mass is 379 g/mol. The highest BCUT2D eigenvalue weighted by Gasteiger charge is 2.31. The number of carbonyl (C=O) groups is 2. The van der Waals surface area contributed by atoms with E-state index in [1.807, 2.05) is 53.4 Å². The second-order valence-electron chi connectivity index (χ2n) is 7.60. The first-order valence-corrected chi connectivity index (χ1v) is 10.00. The molecule has 28 heavy (non-hydrogen) atoms. The van der Waals surface area contributed by atoms with Gasteiger partial charge in [-0.3, -0.25) is 4.79 Å². The standard InChI is InChI=1S/C23H29N3O2/c1-18(2)26(17-19-9-5-3-6-10-19)22(27)20-13-15-25(16-14-20)23(28)24-21-11-7-4-8-12-21/h3-12,18,20H,13-17H2,1-2H3,(H,24,28). The lowest BCUT2D eigenvalue weighted by atomic mass is 9.94. The van der Waals surface area contributed by atoms with Gasteiger partial charge in [-0.2, -0.15) is 0 Å². The van der Waals surface area contributed by atoms with Gasteiger partial charge in [0.05, 0.1) is 0 Å². The third kappa shape index (κ3) is 5.12. The van der Waals surface area contributed by atoms with E-state index >= 15 is 0 Å². The molecule has 0 aliphatic carbocycles. The predicted molar refractivity (Wildman–Crippen MR) is 112 cm³/mol. The molecule has 0 atom stereocenters. The van der Waals surface area contributed by atoms with Crippen molar-refractivity contribution >= 4 is 17.6 Å². The molecule has 0 radical (unpaired) electrons. The van der Waals surface area contributed by atoms with Crippen molar-refractivity contribution in [1.29, 1.82) is 0 Å². The van der Waals surface area contributed by atoms with Crippen LogP contribution >= 0.6 is 0 Å². The second-order valence-corrected chi connectivity index (χ2v) is 7.60. The molecule has 1 aliphatic heterocycles. The van der Waals surface area contributed by atoms with Crippen molar-refractivity contribution < 1.29 is 9.59 Å². The van der Waals surface area contributed by atoms with Gasteiger partial charge in [-0.15, -0.1) is 0 Å². The molecule has 3 amide bonds. The molecular weight excluding hydrogens is 350 g/mol. The number of amides is 3. The maximum Gasteiger partial charge on any atom is 0.321 e. The van der Waals surface area contributed by atoms with E-state index in [-0.39, 0.29) is 23.9 Å². The van der Waals surface area contributed by atoms with Crippen molar-refractivity contribution in [3.05, 3.63) is 66.2 Å². The summed E-state index contributed by atoms with van der Waals surface area (Å²) in [5.74, 6) is 0.175. The molecule has 0 saturated carbocycles. The fraction of sp³-hybridized carbons (Fsp3) is 0.391. The predicted octanol–water partition coefficient (Wildman–Crippen LogP) is 4.37. The fourth-order valence-corrected chi connectivity index (χ4v) is 3.58. The summed E-state index contributed by atoms with van der Waals surface area (Å²) in [7, 11) is 0. The van der Waals surface area contributed by atoms with Crippen LogP contribution in [0, 0.1) is 5.92 Å². The minimum absolute atomic E-state index is 0.0214. The van der Waals surface area contributed by atoms with Gasteiger partial charge in [-0.1, -0.05) is 48.5 Å². The van der Waals surface area contributed by atoms with Gasteiger partial charge in [-0.05, 0) is 44.4 Å². The van der Waals surface area contributed by atoms with E-state index in [4.69, 9.17) is 0 Å². The molecule has 1 saturated heterocycles. The molecule has 148 valence electrons. The molecule has 2 aromatic rings. The van der Waals surface area contributed by atoms with Crippen LogP contribution in [-0.2, 0) is 11.3 Å². The quantitative estimate of drug-likeness (QED) is 0.839. The average molecular weight is 380 g/mol. The van der Waals surface area contributed by atoms with Crippen molar-refractivity contribution in [1.82, 2.24) is 9.80 Å². The van der Waals surface area contributed by atoms with Gasteiger partial charge in [0.1, 0.15) is 0 Å². The van der Waals surface area contributed by atoms with Gasteiger partial charge in [0.25, 0.3) is 0 Å². The maximum atomic E-state index is 13.1. The molecule has 3 rings (SSSR count). The van der Waals surface area contributed by atoms with Crippen LogP contribution in [0.5, 0.6) is 0 Å². The summed E-state index contributed by atoms with van der Waals surface area (Å²) >= 11 is 0. The molecule has 1 heterocycles. The van der Waals surface area contributed by atoms with Gasteiger partial charge in [0.15, 0.2) is 0 Å². The summed E-state index contributed by atoms with van der Waals surface area (Å²) in [6.07, 6.45) is 1.41. The first kappa shape index (κ1) is 19.9. The molecule has 2 aromatic carbocycles. The van der Waals surface area contributed by atoms with Crippen molar-refractivity contribution in [3.8, 4) is 0 Å². The zero-order valence-corrected chi connectivity index (χ0v) is 16.7. The van der Waals surface area contributed by atoms with Crippen LogP contribution in [-0.4, -0.2) is 40.9 Å². The van der Waals surface area contributed by atoms with Gasteiger partial charge in [-0.25, -0.2) is 4.79 Å². The van der Waals surface area contributed by atoms with Crippen LogP contribution in [0.2, 0.25) is 0 Å². The molecule has 0 spiro atoms. The third-order valence-corrected chi connectivity index (χ3v) is 5.26. The summed E-state index contributed by atoms with van der Waals surface area (Å²) in [4.78, 5) is 29.3. The molecule has 0 aromatic heterocycles. The van der Waals surface area contributed by atoms with Crippen molar-refractivity contribution in [3.63, 3.8) is 0 Å². The number of carbonyl (C=O) groups excluding carboxylic acids is 2. The van der Waals surface area contributed by atoms with Crippen LogP contribution < -0.4 is 5.32 Å². The summed E-state index contributed by atoms with van der Waals surface area (Å²) < 4.78 is 0. The summed E-state index contributed by atoms with van der Waals surface area (Å²) in [6, 6.07) is 19.6. The number of nitrogens with one attached hydrogen (secondary N) is 1. The van der Waals surface area contributed by atoms with Gasteiger partial charge < -0.3 is 15.1 Å². The highest BCUT2D eigenvalue weighted by Crippen LogP contribution is 2.23. The Labute approximate surface area is 167 Å². The van der Waals surface area contributed by atoms with E-state index in [1.54, 1.807) is 4.90 Å². The van der Waals surface area contributed by atoms with E-state index in [0.717, 1.165) is 11.3 Å². The summed E-state index contributed by atoms with van der Waals surface area (Å²) in [5.41, 5.74) is 1.93. The van der Waals surface area contributed by atoms with Crippen molar-refractivity contribution in [2.75, 3.05) is 18.4 Å². The van der Waals surface area contributed by atoms with Crippen molar-refractivity contribution in [2.45, 2.75) is 39.3 Å². The van der Waals surface area contributed by atoms with Gasteiger partial charge in [0, 0.05) is 37.3 Å². The number of anilines is 1. The smallest absolute Gasteiger partial charge is 0.321 e. The minimum atomic E-state index is -0.0953. The van der Waals surface area contributed by atoms with Crippen LogP contribution in [0.15, 0.2) is 60.7 Å². The molecule has 5 heteroatoms. The average Bonchev–Trinajstić information content (AvgIpc) is 2.73. The van der Waals surface area contributed by atoms with E-state index < -0.39 is 0 Å². The normalized spacial score (nSPS) is 14.8. The lowest BCUT2D eigenvalue weighted by molar-refractivity contribution is -0.139. The Hall–Kier alpha value is -2.82. The molecule has 5 nitrogen and oxygen atoms in total. The lowest BCUT2D eigenvalue weighted by Crippen LogP contribution is -2.47.